The Morgan fingerprint density at radius 3 is 2.46 bits per heavy atom. The number of likely N-dealkylation sites (tertiary alicyclic amines) is 1. The van der Waals surface area contributed by atoms with E-state index in [0.29, 0.717) is 25.1 Å². The van der Waals surface area contributed by atoms with Crippen molar-refractivity contribution < 1.29 is 14.6 Å². The minimum atomic E-state index is -0.391. The van der Waals surface area contributed by atoms with Crippen molar-refractivity contribution in [1.82, 2.24) is 4.90 Å². The van der Waals surface area contributed by atoms with E-state index in [-0.39, 0.29) is 5.91 Å². The summed E-state index contributed by atoms with van der Waals surface area (Å²) in [5.41, 5.74) is 5.11. The maximum Gasteiger partial charge on any atom is 0.253 e. The van der Waals surface area contributed by atoms with Gasteiger partial charge in [-0.25, -0.2) is 0 Å². The summed E-state index contributed by atoms with van der Waals surface area (Å²) in [5, 5.41) is 9.58. The van der Waals surface area contributed by atoms with Crippen molar-refractivity contribution in [2.45, 2.75) is 26.4 Å². The molecular weight excluding hydrogens is 302 g/mol. The second-order valence-electron chi connectivity index (χ2n) is 6.41. The van der Waals surface area contributed by atoms with Crippen LogP contribution in [0.5, 0.6) is 5.75 Å². The highest BCUT2D eigenvalue weighted by molar-refractivity contribution is 5.95. The molecule has 0 aromatic heterocycles. The fourth-order valence-electron chi connectivity index (χ4n) is 3.22. The zero-order valence-corrected chi connectivity index (χ0v) is 14.4. The molecule has 0 aliphatic carbocycles. The summed E-state index contributed by atoms with van der Waals surface area (Å²) in [6, 6.07) is 11.8. The molecule has 1 fully saturated rings. The highest BCUT2D eigenvalue weighted by Gasteiger charge is 2.25. The van der Waals surface area contributed by atoms with Crippen LogP contribution in [-0.4, -0.2) is 42.2 Å². The van der Waals surface area contributed by atoms with Crippen LogP contribution in [0.25, 0.3) is 11.1 Å². The summed E-state index contributed by atoms with van der Waals surface area (Å²) in [4.78, 5) is 14.2. The standard InChI is InChI=1S/C20H23NO3/c1-13-11-19(24-3)14(2)10-18(13)15-4-6-16(7-5-15)20(23)21-9-8-17(22)12-21/h4-7,10-11,17,22H,8-9,12H2,1-3H3. The number of hydrogen-bond acceptors (Lipinski definition) is 3. The van der Waals surface area contributed by atoms with Gasteiger partial charge in [-0.3, -0.25) is 4.79 Å². The Balaban J connectivity index is 1.85. The minimum absolute atomic E-state index is 0.0132. The van der Waals surface area contributed by atoms with Gasteiger partial charge >= 0.3 is 0 Å². The molecule has 1 saturated heterocycles. The van der Waals surface area contributed by atoms with E-state index in [1.807, 2.05) is 37.3 Å². The number of carbonyl (C=O) groups excluding carboxylic acids is 1. The first-order chi connectivity index (χ1) is 11.5. The molecule has 1 heterocycles. The number of benzene rings is 2. The molecule has 1 N–H and O–H groups in total. The Hall–Kier alpha value is -2.33. The smallest absolute Gasteiger partial charge is 0.253 e. The number of carbonyl (C=O) groups is 1. The number of amides is 1. The quantitative estimate of drug-likeness (QED) is 0.943. The third-order valence-corrected chi connectivity index (χ3v) is 4.64. The molecule has 1 aliphatic heterocycles. The van der Waals surface area contributed by atoms with Crippen molar-refractivity contribution in [3.05, 3.63) is 53.1 Å². The van der Waals surface area contributed by atoms with Crippen molar-refractivity contribution in [3.8, 4) is 16.9 Å². The number of aliphatic hydroxyl groups excluding tert-OH is 1. The third kappa shape index (κ3) is 3.15. The molecule has 4 heteroatoms. The van der Waals surface area contributed by atoms with Gasteiger partial charge in [-0.1, -0.05) is 12.1 Å². The van der Waals surface area contributed by atoms with Crippen LogP contribution in [0.1, 0.15) is 27.9 Å². The summed E-state index contributed by atoms with van der Waals surface area (Å²) >= 11 is 0. The second kappa shape index (κ2) is 6.65. The lowest BCUT2D eigenvalue weighted by Crippen LogP contribution is -2.29. The van der Waals surface area contributed by atoms with Gasteiger partial charge in [0.05, 0.1) is 13.2 Å². The van der Waals surface area contributed by atoms with Gasteiger partial charge in [0.25, 0.3) is 5.91 Å². The molecule has 2 aromatic rings. The first kappa shape index (κ1) is 16.5. The van der Waals surface area contributed by atoms with Gasteiger partial charge < -0.3 is 14.7 Å². The number of ether oxygens (including phenoxy) is 1. The maximum absolute atomic E-state index is 12.4. The molecule has 3 rings (SSSR count). The van der Waals surface area contributed by atoms with Gasteiger partial charge in [0.1, 0.15) is 5.75 Å². The molecule has 0 bridgehead atoms. The van der Waals surface area contributed by atoms with Crippen LogP contribution < -0.4 is 4.74 Å². The van der Waals surface area contributed by atoms with Crippen LogP contribution in [0.3, 0.4) is 0 Å². The lowest BCUT2D eigenvalue weighted by Gasteiger charge is -2.16. The van der Waals surface area contributed by atoms with Gasteiger partial charge in [0, 0.05) is 18.7 Å². The van der Waals surface area contributed by atoms with Gasteiger partial charge in [-0.05, 0) is 66.8 Å². The number of rotatable bonds is 3. The summed E-state index contributed by atoms with van der Waals surface area (Å²) < 4.78 is 5.36. The predicted octanol–water partition coefficient (Wildman–Crippen LogP) is 3.19. The third-order valence-electron chi connectivity index (χ3n) is 4.64. The Morgan fingerprint density at radius 1 is 1.17 bits per heavy atom. The minimum Gasteiger partial charge on any atom is -0.496 e. The van der Waals surface area contributed by atoms with Crippen molar-refractivity contribution in [2.75, 3.05) is 20.2 Å². The van der Waals surface area contributed by atoms with Gasteiger partial charge in [-0.15, -0.1) is 0 Å². The van der Waals surface area contributed by atoms with Crippen molar-refractivity contribution in [2.24, 2.45) is 0 Å². The number of β-amino-alcohol motifs (C(OH)–C–C–N with tert-alkyl or cyclic N) is 1. The number of aryl methyl sites for hydroxylation is 2. The number of methoxy groups -OCH3 is 1. The van der Waals surface area contributed by atoms with Gasteiger partial charge in [0.2, 0.25) is 0 Å². The molecule has 0 radical (unpaired) electrons. The molecule has 24 heavy (non-hydrogen) atoms. The second-order valence-corrected chi connectivity index (χ2v) is 6.41. The van der Waals surface area contributed by atoms with E-state index in [1.54, 1.807) is 12.0 Å². The first-order valence-electron chi connectivity index (χ1n) is 8.22. The van der Waals surface area contributed by atoms with E-state index in [1.165, 1.54) is 0 Å². The SMILES string of the molecule is COc1cc(C)c(-c2ccc(C(=O)N3CCC(O)C3)cc2)cc1C. The largest absolute Gasteiger partial charge is 0.496 e. The average molecular weight is 325 g/mol. The zero-order valence-electron chi connectivity index (χ0n) is 14.4. The summed E-state index contributed by atoms with van der Waals surface area (Å²) in [6.07, 6.45) is 0.270. The molecule has 1 atom stereocenters. The van der Waals surface area contributed by atoms with E-state index in [2.05, 4.69) is 13.0 Å². The van der Waals surface area contributed by atoms with Gasteiger partial charge in [-0.2, -0.15) is 0 Å². The molecule has 1 aliphatic rings. The van der Waals surface area contributed by atoms with Crippen LogP contribution >= 0.6 is 0 Å². The highest BCUT2D eigenvalue weighted by atomic mass is 16.5. The van der Waals surface area contributed by atoms with Crippen molar-refractivity contribution in [1.29, 1.82) is 0 Å². The Bertz CT molecular complexity index is 752. The molecule has 0 saturated carbocycles. The maximum atomic E-state index is 12.4. The molecule has 2 aromatic carbocycles. The van der Waals surface area contributed by atoms with Gasteiger partial charge in [0.15, 0.2) is 0 Å². The molecule has 1 unspecified atom stereocenters. The topological polar surface area (TPSA) is 49.8 Å². The number of nitrogens with zero attached hydrogens (tertiary/aromatic N) is 1. The van der Waals surface area contributed by atoms with Crippen LogP contribution in [0.15, 0.2) is 36.4 Å². The molecule has 4 nitrogen and oxygen atoms in total. The zero-order chi connectivity index (χ0) is 17.3. The molecule has 1 amide bonds. The Morgan fingerprint density at radius 2 is 1.88 bits per heavy atom. The van der Waals surface area contributed by atoms with E-state index in [4.69, 9.17) is 4.74 Å². The molecule has 0 spiro atoms. The Kier molecular flexibility index (Phi) is 4.58. The van der Waals surface area contributed by atoms with Crippen LogP contribution in [0.4, 0.5) is 0 Å². The fourth-order valence-corrected chi connectivity index (χ4v) is 3.22. The summed E-state index contributed by atoms with van der Waals surface area (Å²) in [5.74, 6) is 0.872. The summed E-state index contributed by atoms with van der Waals surface area (Å²) in [6.45, 7) is 5.14. The predicted molar refractivity (Wildman–Crippen MR) is 94.4 cm³/mol. The first-order valence-corrected chi connectivity index (χ1v) is 8.22. The van der Waals surface area contributed by atoms with Crippen molar-refractivity contribution in [3.63, 3.8) is 0 Å². The van der Waals surface area contributed by atoms with Crippen LogP contribution in [0, 0.1) is 13.8 Å². The van der Waals surface area contributed by atoms with E-state index < -0.39 is 6.10 Å². The number of hydrogen-bond donors (Lipinski definition) is 1. The highest BCUT2D eigenvalue weighted by Crippen LogP contribution is 2.30. The van der Waals surface area contributed by atoms with E-state index in [0.717, 1.165) is 28.0 Å². The van der Waals surface area contributed by atoms with E-state index in [9.17, 15) is 9.90 Å². The fraction of sp³-hybridized carbons (Fsp3) is 0.350. The average Bonchev–Trinajstić information content (AvgIpc) is 3.02. The van der Waals surface area contributed by atoms with E-state index >= 15 is 0 Å². The lowest BCUT2D eigenvalue weighted by molar-refractivity contribution is 0.0765. The molecular formula is C20H23NO3. The van der Waals surface area contributed by atoms with Crippen LogP contribution in [0.2, 0.25) is 0 Å². The molecule has 126 valence electrons. The lowest BCUT2D eigenvalue weighted by atomic mass is 9.97. The normalized spacial score (nSPS) is 17.2. The summed E-state index contributed by atoms with van der Waals surface area (Å²) in [7, 11) is 1.68. The van der Waals surface area contributed by atoms with Crippen molar-refractivity contribution >= 4 is 5.91 Å². The Labute approximate surface area is 142 Å². The number of aliphatic hydroxyl groups is 1. The monoisotopic (exact) mass is 325 g/mol. The van der Waals surface area contributed by atoms with Crippen LogP contribution in [-0.2, 0) is 0 Å².